The van der Waals surface area contributed by atoms with Gasteiger partial charge in [0.15, 0.2) is 0 Å². The Morgan fingerprint density at radius 1 is 1.00 bits per heavy atom. The zero-order chi connectivity index (χ0) is 17.5. The minimum Gasteiger partial charge on any atom is -0.273 e. The van der Waals surface area contributed by atoms with Crippen LogP contribution in [0.25, 0.3) is 0 Å². The SMILES string of the molecule is Cc1ccc(SCC(=O)NNC(=O)Cc2ccc(F)cc2)c(C)c1. The second-order valence-corrected chi connectivity index (χ2v) is 6.47. The standard InChI is InChI=1S/C18H19FN2O2S/c1-12-3-8-16(13(2)9-12)24-11-18(23)21-20-17(22)10-14-4-6-15(19)7-5-14/h3-9H,10-11H2,1-2H3,(H,20,22)(H,21,23). The van der Waals surface area contributed by atoms with E-state index < -0.39 is 0 Å². The molecule has 0 atom stereocenters. The summed E-state index contributed by atoms with van der Waals surface area (Å²) in [6.07, 6.45) is 0.0742. The van der Waals surface area contributed by atoms with Gasteiger partial charge >= 0.3 is 0 Å². The first-order valence-corrected chi connectivity index (χ1v) is 8.45. The van der Waals surface area contributed by atoms with Gasteiger partial charge in [-0.15, -0.1) is 11.8 Å². The van der Waals surface area contributed by atoms with E-state index in [4.69, 9.17) is 0 Å². The average Bonchev–Trinajstić information content (AvgIpc) is 2.54. The van der Waals surface area contributed by atoms with Gasteiger partial charge in [-0.1, -0.05) is 29.8 Å². The zero-order valence-corrected chi connectivity index (χ0v) is 14.4. The lowest BCUT2D eigenvalue weighted by atomic mass is 10.1. The van der Waals surface area contributed by atoms with Gasteiger partial charge in [0, 0.05) is 4.90 Å². The van der Waals surface area contributed by atoms with Crippen molar-refractivity contribution in [3.8, 4) is 0 Å². The number of carbonyl (C=O) groups excluding carboxylic acids is 2. The highest BCUT2D eigenvalue weighted by Gasteiger charge is 2.08. The lowest BCUT2D eigenvalue weighted by molar-refractivity contribution is -0.127. The molecular weight excluding hydrogens is 327 g/mol. The molecule has 0 aliphatic carbocycles. The molecule has 0 fully saturated rings. The fourth-order valence-corrected chi connectivity index (χ4v) is 2.92. The van der Waals surface area contributed by atoms with E-state index in [0.29, 0.717) is 5.56 Å². The summed E-state index contributed by atoms with van der Waals surface area (Å²) in [5.74, 6) is -0.782. The summed E-state index contributed by atoms with van der Waals surface area (Å²) in [5, 5.41) is 0. The van der Waals surface area contributed by atoms with E-state index >= 15 is 0 Å². The van der Waals surface area contributed by atoms with Gasteiger partial charge < -0.3 is 0 Å². The number of aryl methyl sites for hydroxylation is 2. The Hall–Kier alpha value is -2.34. The average molecular weight is 346 g/mol. The van der Waals surface area contributed by atoms with Gasteiger partial charge in [-0.2, -0.15) is 0 Å². The van der Waals surface area contributed by atoms with E-state index in [9.17, 15) is 14.0 Å². The fraction of sp³-hybridized carbons (Fsp3) is 0.222. The van der Waals surface area contributed by atoms with Crippen LogP contribution >= 0.6 is 11.8 Å². The molecule has 0 unspecified atom stereocenters. The summed E-state index contributed by atoms with van der Waals surface area (Å²) in [7, 11) is 0. The Bertz CT molecular complexity index is 732. The minimum atomic E-state index is -0.355. The van der Waals surface area contributed by atoms with Gasteiger partial charge in [-0.3, -0.25) is 20.4 Å². The predicted octanol–water partition coefficient (Wildman–Crippen LogP) is 2.92. The van der Waals surface area contributed by atoms with Crippen LogP contribution in [0.1, 0.15) is 16.7 Å². The van der Waals surface area contributed by atoms with Crippen molar-refractivity contribution in [2.24, 2.45) is 0 Å². The van der Waals surface area contributed by atoms with Gasteiger partial charge in [0.2, 0.25) is 11.8 Å². The maximum Gasteiger partial charge on any atom is 0.248 e. The van der Waals surface area contributed by atoms with Crippen LogP contribution in [-0.2, 0) is 16.0 Å². The number of hydrogen-bond acceptors (Lipinski definition) is 3. The maximum atomic E-state index is 12.8. The van der Waals surface area contributed by atoms with Crippen LogP contribution in [0.5, 0.6) is 0 Å². The Morgan fingerprint density at radius 3 is 2.33 bits per heavy atom. The second kappa shape index (κ2) is 8.49. The quantitative estimate of drug-likeness (QED) is 0.646. The molecule has 0 bridgehead atoms. The Morgan fingerprint density at radius 2 is 1.67 bits per heavy atom. The number of halogens is 1. The zero-order valence-electron chi connectivity index (χ0n) is 13.6. The van der Waals surface area contributed by atoms with Crippen LogP contribution in [0.2, 0.25) is 0 Å². The van der Waals surface area contributed by atoms with Gasteiger partial charge in [0.05, 0.1) is 12.2 Å². The molecule has 0 aliphatic rings. The first-order chi connectivity index (χ1) is 11.4. The lowest BCUT2D eigenvalue weighted by Gasteiger charge is -2.09. The van der Waals surface area contributed by atoms with E-state index in [1.807, 2.05) is 26.0 Å². The lowest BCUT2D eigenvalue weighted by Crippen LogP contribution is -2.43. The summed E-state index contributed by atoms with van der Waals surface area (Å²) < 4.78 is 12.8. The summed E-state index contributed by atoms with van der Waals surface area (Å²) in [4.78, 5) is 24.6. The number of benzene rings is 2. The molecule has 2 N–H and O–H groups in total. The van der Waals surface area contributed by atoms with Gasteiger partial charge in [-0.25, -0.2) is 4.39 Å². The van der Waals surface area contributed by atoms with E-state index in [1.165, 1.54) is 41.6 Å². The van der Waals surface area contributed by atoms with Gasteiger partial charge in [-0.05, 0) is 43.2 Å². The molecule has 2 aromatic carbocycles. The molecule has 6 heteroatoms. The summed E-state index contributed by atoms with van der Waals surface area (Å²) in [6.45, 7) is 4.02. The third-order valence-corrected chi connectivity index (χ3v) is 4.48. The first kappa shape index (κ1) is 18.0. The van der Waals surface area contributed by atoms with Crippen molar-refractivity contribution < 1.29 is 14.0 Å². The summed E-state index contributed by atoms with van der Waals surface area (Å²) in [5.41, 5.74) is 7.71. The highest BCUT2D eigenvalue weighted by atomic mass is 32.2. The van der Waals surface area contributed by atoms with E-state index in [1.54, 1.807) is 0 Å². The Labute approximate surface area is 144 Å². The number of amides is 2. The smallest absolute Gasteiger partial charge is 0.248 e. The van der Waals surface area contributed by atoms with Crippen LogP contribution < -0.4 is 10.9 Å². The third-order valence-electron chi connectivity index (χ3n) is 3.31. The highest BCUT2D eigenvalue weighted by molar-refractivity contribution is 8.00. The van der Waals surface area contributed by atoms with Crippen molar-refractivity contribution in [2.45, 2.75) is 25.2 Å². The van der Waals surface area contributed by atoms with Crippen molar-refractivity contribution in [1.29, 1.82) is 0 Å². The molecule has 0 aliphatic heterocycles. The monoisotopic (exact) mass is 346 g/mol. The summed E-state index contributed by atoms with van der Waals surface area (Å²) in [6, 6.07) is 11.7. The van der Waals surface area contributed by atoms with Crippen molar-refractivity contribution in [1.82, 2.24) is 10.9 Å². The molecule has 24 heavy (non-hydrogen) atoms. The number of carbonyl (C=O) groups is 2. The molecule has 2 amide bonds. The number of hydrogen-bond donors (Lipinski definition) is 2. The highest BCUT2D eigenvalue weighted by Crippen LogP contribution is 2.22. The van der Waals surface area contributed by atoms with Crippen LogP contribution in [0, 0.1) is 19.7 Å². The normalized spacial score (nSPS) is 10.3. The Balaban J connectivity index is 1.74. The largest absolute Gasteiger partial charge is 0.273 e. The Kier molecular flexibility index (Phi) is 6.37. The van der Waals surface area contributed by atoms with Gasteiger partial charge in [0.1, 0.15) is 5.82 Å². The third kappa shape index (κ3) is 5.70. The van der Waals surface area contributed by atoms with E-state index in [-0.39, 0.29) is 29.8 Å². The van der Waals surface area contributed by atoms with Crippen LogP contribution in [0.3, 0.4) is 0 Å². The number of thioether (sulfide) groups is 1. The first-order valence-electron chi connectivity index (χ1n) is 7.46. The van der Waals surface area contributed by atoms with Crippen molar-refractivity contribution >= 4 is 23.6 Å². The molecule has 4 nitrogen and oxygen atoms in total. The fourth-order valence-electron chi connectivity index (χ4n) is 2.11. The van der Waals surface area contributed by atoms with Crippen molar-refractivity contribution in [2.75, 3.05) is 5.75 Å². The van der Waals surface area contributed by atoms with Crippen LogP contribution in [-0.4, -0.2) is 17.6 Å². The summed E-state index contributed by atoms with van der Waals surface area (Å²) >= 11 is 1.42. The maximum absolute atomic E-state index is 12.8. The molecular formula is C18H19FN2O2S. The van der Waals surface area contributed by atoms with E-state index in [0.717, 1.165) is 10.5 Å². The van der Waals surface area contributed by atoms with Crippen molar-refractivity contribution in [3.63, 3.8) is 0 Å². The number of nitrogens with one attached hydrogen (secondary N) is 2. The molecule has 0 spiro atoms. The predicted molar refractivity (Wildman–Crippen MR) is 93.0 cm³/mol. The molecule has 126 valence electrons. The molecule has 0 saturated heterocycles. The molecule has 0 saturated carbocycles. The number of rotatable bonds is 5. The molecule has 0 radical (unpaired) electrons. The van der Waals surface area contributed by atoms with Crippen LogP contribution in [0.4, 0.5) is 4.39 Å². The molecule has 2 aromatic rings. The topological polar surface area (TPSA) is 58.2 Å². The van der Waals surface area contributed by atoms with Gasteiger partial charge in [0.25, 0.3) is 0 Å². The van der Waals surface area contributed by atoms with E-state index in [2.05, 4.69) is 16.9 Å². The minimum absolute atomic E-state index is 0.0742. The molecule has 0 heterocycles. The number of hydrazine groups is 1. The second-order valence-electron chi connectivity index (χ2n) is 5.46. The molecule has 0 aromatic heterocycles. The van der Waals surface area contributed by atoms with Crippen molar-refractivity contribution in [3.05, 3.63) is 65.0 Å². The molecule has 2 rings (SSSR count). The van der Waals surface area contributed by atoms with Crippen LogP contribution in [0.15, 0.2) is 47.4 Å².